The molecule has 0 fully saturated rings. The van der Waals surface area contributed by atoms with E-state index in [0.717, 1.165) is 0 Å². The van der Waals surface area contributed by atoms with Gasteiger partial charge in [-0.25, -0.2) is 4.79 Å². The van der Waals surface area contributed by atoms with Gasteiger partial charge in [-0.3, -0.25) is 14.4 Å². The maximum Gasteiger partial charge on any atom is 0.338 e. The van der Waals surface area contributed by atoms with Gasteiger partial charge in [0.2, 0.25) is 0 Å². The minimum absolute atomic E-state index is 0.141. The van der Waals surface area contributed by atoms with E-state index in [1.165, 1.54) is 18.2 Å². The predicted octanol–water partition coefficient (Wildman–Crippen LogP) is 2.20. The van der Waals surface area contributed by atoms with Gasteiger partial charge in [0.05, 0.1) is 22.5 Å². The van der Waals surface area contributed by atoms with E-state index >= 15 is 0 Å². The Morgan fingerprint density at radius 3 is 2.71 bits per heavy atom. The monoisotopic (exact) mass is 425 g/mol. The maximum atomic E-state index is 12.4. The lowest BCUT2D eigenvalue weighted by Gasteiger charge is -2.18. The number of fused-ring (bicyclic) bond motifs is 1. The summed E-state index contributed by atoms with van der Waals surface area (Å²) in [7, 11) is 0. The molecule has 9 nitrogen and oxygen atoms in total. The van der Waals surface area contributed by atoms with Crippen molar-refractivity contribution in [1.82, 2.24) is 5.32 Å². The molecule has 3 rings (SSSR count). The van der Waals surface area contributed by atoms with E-state index < -0.39 is 18.5 Å². The molecule has 0 unspecified atom stereocenters. The van der Waals surface area contributed by atoms with Gasteiger partial charge in [0.25, 0.3) is 17.7 Å². The second kappa shape index (κ2) is 9.75. The molecule has 2 aromatic rings. The van der Waals surface area contributed by atoms with Crippen molar-refractivity contribution < 1.29 is 28.7 Å². The van der Waals surface area contributed by atoms with Crippen molar-refractivity contribution >= 4 is 35.1 Å². The predicted molar refractivity (Wildman–Crippen MR) is 113 cm³/mol. The Balaban J connectivity index is 1.58. The Morgan fingerprint density at radius 1 is 1.16 bits per heavy atom. The third-order valence-electron chi connectivity index (χ3n) is 4.30. The second-order valence-corrected chi connectivity index (χ2v) is 7.32. The molecule has 0 aromatic heterocycles. The van der Waals surface area contributed by atoms with Crippen molar-refractivity contribution in [3.05, 3.63) is 53.6 Å². The average molecular weight is 425 g/mol. The van der Waals surface area contributed by atoms with Crippen LogP contribution in [-0.2, 0) is 14.3 Å². The highest BCUT2D eigenvalue weighted by atomic mass is 16.5. The van der Waals surface area contributed by atoms with E-state index in [0.29, 0.717) is 29.2 Å². The Morgan fingerprint density at radius 2 is 1.94 bits per heavy atom. The largest absolute Gasteiger partial charge is 0.482 e. The summed E-state index contributed by atoms with van der Waals surface area (Å²) in [6.45, 7) is 3.79. The van der Waals surface area contributed by atoms with Crippen LogP contribution in [0.25, 0.3) is 0 Å². The summed E-state index contributed by atoms with van der Waals surface area (Å²) in [4.78, 5) is 48.2. The highest BCUT2D eigenvalue weighted by Gasteiger charge is 2.19. The van der Waals surface area contributed by atoms with Gasteiger partial charge in [-0.1, -0.05) is 26.0 Å². The Kier molecular flexibility index (Phi) is 6.86. The van der Waals surface area contributed by atoms with Crippen molar-refractivity contribution in [2.24, 2.45) is 5.92 Å². The number of carbonyl (C=O) groups is 4. The lowest BCUT2D eigenvalue weighted by Crippen LogP contribution is -2.29. The zero-order valence-electron chi connectivity index (χ0n) is 17.2. The number of benzene rings is 2. The molecule has 9 heteroatoms. The summed E-state index contributed by atoms with van der Waals surface area (Å²) < 4.78 is 10.3. The van der Waals surface area contributed by atoms with Gasteiger partial charge in [0, 0.05) is 6.54 Å². The first kappa shape index (κ1) is 21.8. The minimum atomic E-state index is -0.721. The number of carbonyl (C=O) groups excluding carboxylic acids is 4. The fourth-order valence-electron chi connectivity index (χ4n) is 2.78. The molecule has 0 bridgehead atoms. The lowest BCUT2D eigenvalue weighted by molar-refractivity contribution is -0.119. The van der Waals surface area contributed by atoms with Crippen LogP contribution >= 0.6 is 0 Å². The Bertz CT molecular complexity index is 1020. The first-order valence-corrected chi connectivity index (χ1v) is 9.74. The maximum absolute atomic E-state index is 12.4. The van der Waals surface area contributed by atoms with Crippen LogP contribution in [0.15, 0.2) is 42.5 Å². The van der Waals surface area contributed by atoms with E-state index in [1.807, 2.05) is 13.8 Å². The summed E-state index contributed by atoms with van der Waals surface area (Å²) in [6.07, 6.45) is 0. The van der Waals surface area contributed by atoms with Crippen molar-refractivity contribution in [3.8, 4) is 5.75 Å². The number of para-hydroxylation sites is 1. The van der Waals surface area contributed by atoms with Gasteiger partial charge >= 0.3 is 5.97 Å². The molecule has 0 aliphatic carbocycles. The van der Waals surface area contributed by atoms with Gasteiger partial charge in [-0.15, -0.1) is 0 Å². The Labute approximate surface area is 179 Å². The van der Waals surface area contributed by atoms with Crippen molar-refractivity contribution in [1.29, 1.82) is 0 Å². The smallest absolute Gasteiger partial charge is 0.338 e. The summed E-state index contributed by atoms with van der Waals surface area (Å²) in [5, 5.41) is 8.01. The molecule has 162 valence electrons. The van der Waals surface area contributed by atoms with Crippen LogP contribution in [0.4, 0.5) is 11.4 Å². The topological polar surface area (TPSA) is 123 Å². The molecule has 31 heavy (non-hydrogen) atoms. The zero-order valence-corrected chi connectivity index (χ0v) is 17.2. The third-order valence-corrected chi connectivity index (χ3v) is 4.30. The summed E-state index contributed by atoms with van der Waals surface area (Å²) in [5.41, 5.74) is 1.27. The van der Waals surface area contributed by atoms with Crippen LogP contribution in [0.3, 0.4) is 0 Å². The number of amides is 3. The van der Waals surface area contributed by atoms with Crippen molar-refractivity contribution in [2.45, 2.75) is 13.8 Å². The fourth-order valence-corrected chi connectivity index (χ4v) is 2.78. The van der Waals surface area contributed by atoms with Gasteiger partial charge < -0.3 is 25.4 Å². The molecule has 0 radical (unpaired) electrons. The van der Waals surface area contributed by atoms with Crippen molar-refractivity contribution in [2.75, 3.05) is 30.4 Å². The van der Waals surface area contributed by atoms with Gasteiger partial charge in [-0.05, 0) is 36.2 Å². The molecular formula is C22H23N3O6. The molecule has 1 aliphatic heterocycles. The minimum Gasteiger partial charge on any atom is -0.482 e. The molecule has 3 amide bonds. The van der Waals surface area contributed by atoms with Gasteiger partial charge in [-0.2, -0.15) is 0 Å². The summed E-state index contributed by atoms with van der Waals surface area (Å²) in [5.74, 6) is -1.25. The number of anilines is 2. The number of ether oxygens (including phenoxy) is 2. The molecule has 0 saturated heterocycles. The molecule has 1 heterocycles. The van der Waals surface area contributed by atoms with Crippen LogP contribution in [0.5, 0.6) is 5.75 Å². The van der Waals surface area contributed by atoms with E-state index in [-0.39, 0.29) is 29.9 Å². The van der Waals surface area contributed by atoms with E-state index in [2.05, 4.69) is 16.0 Å². The molecule has 0 atom stereocenters. The van der Waals surface area contributed by atoms with Gasteiger partial charge in [0.15, 0.2) is 13.2 Å². The molecule has 1 aliphatic rings. The zero-order chi connectivity index (χ0) is 22.4. The number of nitrogens with one attached hydrogen (secondary N) is 3. The molecule has 0 spiro atoms. The van der Waals surface area contributed by atoms with E-state index in [9.17, 15) is 19.2 Å². The molecule has 0 saturated carbocycles. The van der Waals surface area contributed by atoms with Crippen LogP contribution < -0.4 is 20.7 Å². The van der Waals surface area contributed by atoms with Crippen molar-refractivity contribution in [3.63, 3.8) is 0 Å². The molecule has 3 N–H and O–H groups in total. The lowest BCUT2D eigenvalue weighted by atomic mass is 10.1. The highest BCUT2D eigenvalue weighted by Crippen LogP contribution is 2.28. The third kappa shape index (κ3) is 5.81. The van der Waals surface area contributed by atoms with E-state index in [4.69, 9.17) is 9.47 Å². The number of rotatable bonds is 7. The quantitative estimate of drug-likeness (QED) is 0.585. The highest BCUT2D eigenvalue weighted by molar-refractivity contribution is 6.04. The van der Waals surface area contributed by atoms with Crippen LogP contribution in [0.1, 0.15) is 34.6 Å². The standard InChI is InChI=1S/C22H23N3O6/c1-13(2)10-23-21(28)15-5-3-4-6-16(15)24-20(27)12-31-22(29)14-7-8-17-18(9-14)30-11-19(26)25-17/h3-9,13H,10-12H2,1-2H3,(H,23,28)(H,24,27)(H,25,26). The summed E-state index contributed by atoms with van der Waals surface area (Å²) >= 11 is 0. The number of hydrogen-bond donors (Lipinski definition) is 3. The molecular weight excluding hydrogens is 402 g/mol. The fraction of sp³-hybridized carbons (Fsp3) is 0.273. The van der Waals surface area contributed by atoms with Crippen LogP contribution in [0, 0.1) is 5.92 Å². The second-order valence-electron chi connectivity index (χ2n) is 7.32. The first-order valence-electron chi connectivity index (χ1n) is 9.74. The van der Waals surface area contributed by atoms with Crippen LogP contribution in [0.2, 0.25) is 0 Å². The number of esters is 1. The van der Waals surface area contributed by atoms with Crippen LogP contribution in [-0.4, -0.2) is 43.4 Å². The van der Waals surface area contributed by atoms with Gasteiger partial charge in [0.1, 0.15) is 5.75 Å². The SMILES string of the molecule is CC(C)CNC(=O)c1ccccc1NC(=O)COC(=O)c1ccc2c(c1)OCC(=O)N2. The Hall–Kier alpha value is -3.88. The van der Waals surface area contributed by atoms with E-state index in [1.54, 1.807) is 24.3 Å². The number of hydrogen-bond acceptors (Lipinski definition) is 6. The average Bonchev–Trinajstić information content (AvgIpc) is 2.75. The first-order chi connectivity index (χ1) is 14.8. The summed E-state index contributed by atoms with van der Waals surface area (Å²) in [6, 6.07) is 11.0. The normalized spacial score (nSPS) is 12.3. The molecule has 2 aromatic carbocycles.